The maximum Gasteiger partial charge on any atom is 0.326 e. The zero-order chi connectivity index (χ0) is 11.0. The van der Waals surface area contributed by atoms with E-state index in [0.29, 0.717) is 12.8 Å². The molecular weight excluding hydrogens is 182 g/mol. The average Bonchev–Trinajstić information content (AvgIpc) is 2.14. The lowest BCUT2D eigenvalue weighted by atomic mass is 10.1. The summed E-state index contributed by atoms with van der Waals surface area (Å²) in [5.41, 5.74) is 0. The summed E-state index contributed by atoms with van der Waals surface area (Å²) in [5.74, 6) is -1.12. The highest BCUT2D eigenvalue weighted by Gasteiger charge is 2.16. The summed E-state index contributed by atoms with van der Waals surface area (Å²) in [6.07, 6.45) is 3.76. The molecule has 0 aromatic heterocycles. The molecule has 1 unspecified atom stereocenters. The predicted molar refractivity (Wildman–Crippen MR) is 54.0 cm³/mol. The molecule has 0 aliphatic rings. The van der Waals surface area contributed by atoms with Crippen molar-refractivity contribution in [3.8, 4) is 0 Å². The normalized spacial score (nSPS) is 12.1. The van der Waals surface area contributed by atoms with Crippen LogP contribution in [0.4, 0.5) is 0 Å². The first-order valence-corrected chi connectivity index (χ1v) is 5.14. The van der Waals surface area contributed by atoms with Crippen molar-refractivity contribution in [1.29, 1.82) is 0 Å². The van der Waals surface area contributed by atoms with E-state index >= 15 is 0 Å². The Morgan fingerprint density at radius 2 is 1.93 bits per heavy atom. The van der Waals surface area contributed by atoms with Gasteiger partial charge in [-0.1, -0.05) is 26.7 Å². The van der Waals surface area contributed by atoms with Gasteiger partial charge < -0.3 is 10.4 Å². The molecule has 0 aliphatic heterocycles. The summed E-state index contributed by atoms with van der Waals surface area (Å²) in [5, 5.41) is 11.2. The summed E-state index contributed by atoms with van der Waals surface area (Å²) in [6, 6.07) is -0.732. The van der Waals surface area contributed by atoms with E-state index in [9.17, 15) is 9.59 Å². The maximum absolute atomic E-state index is 11.2. The minimum absolute atomic E-state index is 0.160. The van der Waals surface area contributed by atoms with Crippen LogP contribution in [0.1, 0.15) is 46.0 Å². The van der Waals surface area contributed by atoms with Crippen molar-refractivity contribution in [2.24, 2.45) is 0 Å². The second kappa shape index (κ2) is 7.35. The first-order chi connectivity index (χ1) is 6.61. The van der Waals surface area contributed by atoms with Crippen molar-refractivity contribution in [1.82, 2.24) is 5.32 Å². The van der Waals surface area contributed by atoms with E-state index in [1.54, 1.807) is 6.92 Å². The first-order valence-electron chi connectivity index (χ1n) is 5.14. The first kappa shape index (κ1) is 12.9. The molecule has 82 valence electrons. The van der Waals surface area contributed by atoms with Gasteiger partial charge in [0.25, 0.3) is 0 Å². The number of amides is 1. The van der Waals surface area contributed by atoms with Crippen molar-refractivity contribution in [2.75, 3.05) is 0 Å². The molecule has 0 fully saturated rings. The number of hydrogen-bond acceptors (Lipinski definition) is 2. The Bertz CT molecular complexity index is 192. The third kappa shape index (κ3) is 5.56. The number of unbranched alkanes of at least 4 members (excludes halogenated alkanes) is 2. The fourth-order valence-electron chi connectivity index (χ4n) is 1.14. The number of nitrogens with one attached hydrogen (secondary N) is 1. The van der Waals surface area contributed by atoms with E-state index in [4.69, 9.17) is 5.11 Å². The van der Waals surface area contributed by atoms with Gasteiger partial charge in [-0.15, -0.1) is 0 Å². The second-order valence-corrected chi connectivity index (χ2v) is 3.32. The van der Waals surface area contributed by atoms with E-state index in [-0.39, 0.29) is 5.91 Å². The predicted octanol–water partition coefficient (Wildman–Crippen LogP) is 1.55. The highest BCUT2D eigenvalue weighted by atomic mass is 16.4. The molecule has 0 radical (unpaired) electrons. The molecule has 1 amide bonds. The fourth-order valence-corrected chi connectivity index (χ4v) is 1.14. The van der Waals surface area contributed by atoms with Gasteiger partial charge in [0.2, 0.25) is 5.91 Å². The Hall–Kier alpha value is -1.06. The Labute approximate surface area is 84.7 Å². The quantitative estimate of drug-likeness (QED) is 0.614. The number of carbonyl (C=O) groups is 2. The zero-order valence-electron chi connectivity index (χ0n) is 8.88. The number of carboxylic acid groups (broad SMARTS) is 1. The number of rotatable bonds is 7. The van der Waals surface area contributed by atoms with Crippen LogP contribution in [0.15, 0.2) is 0 Å². The van der Waals surface area contributed by atoms with Gasteiger partial charge >= 0.3 is 5.97 Å². The number of aliphatic carboxylic acids is 1. The van der Waals surface area contributed by atoms with Crippen molar-refractivity contribution in [2.45, 2.75) is 52.0 Å². The Morgan fingerprint density at radius 3 is 2.36 bits per heavy atom. The highest BCUT2D eigenvalue weighted by Crippen LogP contribution is 2.00. The minimum atomic E-state index is -0.962. The largest absolute Gasteiger partial charge is 0.480 e. The number of carbonyl (C=O) groups excluding carboxylic acids is 1. The van der Waals surface area contributed by atoms with Gasteiger partial charge in [0.05, 0.1) is 0 Å². The fraction of sp³-hybridized carbons (Fsp3) is 0.800. The lowest BCUT2D eigenvalue weighted by molar-refractivity contribution is -0.141. The summed E-state index contributed by atoms with van der Waals surface area (Å²) in [6.45, 7) is 3.80. The average molecular weight is 201 g/mol. The van der Waals surface area contributed by atoms with E-state index < -0.39 is 12.0 Å². The standard InChI is InChI=1S/C10H19NO3/c1-3-5-6-7-9(12)11-8(4-2)10(13)14/h8H,3-7H2,1-2H3,(H,11,12)(H,13,14). The summed E-state index contributed by atoms with van der Waals surface area (Å²) in [7, 11) is 0. The van der Waals surface area contributed by atoms with Crippen LogP contribution in [0.5, 0.6) is 0 Å². The molecule has 0 saturated carbocycles. The van der Waals surface area contributed by atoms with Crippen LogP contribution in [0.25, 0.3) is 0 Å². The van der Waals surface area contributed by atoms with Crippen molar-refractivity contribution in [3.05, 3.63) is 0 Å². The summed E-state index contributed by atoms with van der Waals surface area (Å²) < 4.78 is 0. The molecule has 2 N–H and O–H groups in total. The number of hydrogen-bond donors (Lipinski definition) is 2. The zero-order valence-corrected chi connectivity index (χ0v) is 8.88. The van der Waals surface area contributed by atoms with Gasteiger partial charge in [-0.3, -0.25) is 4.79 Å². The topological polar surface area (TPSA) is 66.4 Å². The summed E-state index contributed by atoms with van der Waals surface area (Å²) in [4.78, 5) is 21.8. The third-order valence-corrected chi connectivity index (χ3v) is 2.05. The van der Waals surface area contributed by atoms with Crippen LogP contribution >= 0.6 is 0 Å². The molecule has 14 heavy (non-hydrogen) atoms. The van der Waals surface area contributed by atoms with E-state index in [0.717, 1.165) is 19.3 Å². The molecular formula is C10H19NO3. The van der Waals surface area contributed by atoms with Crippen LogP contribution in [-0.2, 0) is 9.59 Å². The van der Waals surface area contributed by atoms with Crippen LogP contribution in [-0.4, -0.2) is 23.0 Å². The molecule has 0 rings (SSSR count). The van der Waals surface area contributed by atoms with E-state index in [1.807, 2.05) is 0 Å². The molecule has 0 spiro atoms. The molecule has 0 aliphatic carbocycles. The molecule has 0 saturated heterocycles. The van der Waals surface area contributed by atoms with E-state index in [1.165, 1.54) is 0 Å². The lowest BCUT2D eigenvalue weighted by Gasteiger charge is -2.11. The Balaban J connectivity index is 3.74. The molecule has 0 heterocycles. The highest BCUT2D eigenvalue weighted by molar-refractivity contribution is 5.83. The van der Waals surface area contributed by atoms with Crippen molar-refractivity contribution in [3.63, 3.8) is 0 Å². The Morgan fingerprint density at radius 1 is 1.29 bits per heavy atom. The molecule has 0 aromatic carbocycles. The van der Waals surface area contributed by atoms with Gasteiger partial charge in [-0.25, -0.2) is 4.79 Å². The lowest BCUT2D eigenvalue weighted by Crippen LogP contribution is -2.40. The molecule has 1 atom stereocenters. The van der Waals surface area contributed by atoms with Crippen LogP contribution in [0.3, 0.4) is 0 Å². The molecule has 4 heteroatoms. The second-order valence-electron chi connectivity index (χ2n) is 3.32. The van der Waals surface area contributed by atoms with Gasteiger partial charge in [0.1, 0.15) is 6.04 Å². The van der Waals surface area contributed by atoms with Crippen LogP contribution in [0, 0.1) is 0 Å². The molecule has 0 bridgehead atoms. The van der Waals surface area contributed by atoms with Gasteiger partial charge in [0, 0.05) is 6.42 Å². The smallest absolute Gasteiger partial charge is 0.326 e. The summed E-state index contributed by atoms with van der Waals surface area (Å²) >= 11 is 0. The van der Waals surface area contributed by atoms with Gasteiger partial charge in [-0.05, 0) is 12.8 Å². The van der Waals surface area contributed by atoms with Crippen LogP contribution in [0.2, 0.25) is 0 Å². The van der Waals surface area contributed by atoms with Gasteiger partial charge in [0.15, 0.2) is 0 Å². The minimum Gasteiger partial charge on any atom is -0.480 e. The Kier molecular flexibility index (Phi) is 6.80. The monoisotopic (exact) mass is 201 g/mol. The number of carboxylic acids is 1. The molecule has 0 aromatic rings. The molecule has 4 nitrogen and oxygen atoms in total. The van der Waals surface area contributed by atoms with Crippen LogP contribution < -0.4 is 5.32 Å². The van der Waals surface area contributed by atoms with Crippen molar-refractivity contribution < 1.29 is 14.7 Å². The van der Waals surface area contributed by atoms with Gasteiger partial charge in [-0.2, -0.15) is 0 Å². The van der Waals surface area contributed by atoms with E-state index in [2.05, 4.69) is 12.2 Å². The third-order valence-electron chi connectivity index (χ3n) is 2.05. The SMILES string of the molecule is CCCCCC(=O)NC(CC)C(=O)O. The maximum atomic E-state index is 11.2. The van der Waals surface area contributed by atoms with Crippen molar-refractivity contribution >= 4 is 11.9 Å².